The van der Waals surface area contributed by atoms with E-state index in [1.165, 1.54) is 4.31 Å². The van der Waals surface area contributed by atoms with Gasteiger partial charge in [-0.05, 0) is 19.1 Å². The Morgan fingerprint density at radius 3 is 2.62 bits per heavy atom. The highest BCUT2D eigenvalue weighted by molar-refractivity contribution is 7.89. The van der Waals surface area contributed by atoms with Crippen molar-refractivity contribution in [1.82, 2.24) is 4.31 Å². The van der Waals surface area contributed by atoms with Gasteiger partial charge in [0.05, 0.1) is 17.6 Å². The zero-order valence-corrected chi connectivity index (χ0v) is 9.98. The molecule has 1 aliphatic heterocycles. The van der Waals surface area contributed by atoms with Gasteiger partial charge in [-0.2, -0.15) is 4.31 Å². The van der Waals surface area contributed by atoms with Gasteiger partial charge in [-0.3, -0.25) is 0 Å². The summed E-state index contributed by atoms with van der Waals surface area (Å²) in [5.74, 6) is 0. The van der Waals surface area contributed by atoms with Crippen LogP contribution in [0.5, 0.6) is 0 Å². The van der Waals surface area contributed by atoms with Gasteiger partial charge in [0.25, 0.3) is 0 Å². The molecule has 0 saturated carbocycles. The van der Waals surface area contributed by atoms with Gasteiger partial charge >= 0.3 is 0 Å². The zero-order chi connectivity index (χ0) is 11.6. The third kappa shape index (κ3) is 2.26. The lowest BCUT2D eigenvalue weighted by atomic mass is 10.3. The second-order valence-corrected chi connectivity index (χ2v) is 5.80. The van der Waals surface area contributed by atoms with Gasteiger partial charge in [0.15, 0.2) is 0 Å². The minimum Gasteiger partial charge on any atom is -0.376 e. The molecule has 1 atom stereocenters. The minimum atomic E-state index is -3.34. The second-order valence-electron chi connectivity index (χ2n) is 3.86. The van der Waals surface area contributed by atoms with Crippen LogP contribution < -0.4 is 0 Å². The van der Waals surface area contributed by atoms with Crippen LogP contribution in [0.25, 0.3) is 0 Å². The molecule has 0 N–H and O–H groups in total. The summed E-state index contributed by atoms with van der Waals surface area (Å²) in [6.45, 7) is 3.21. The first-order valence-electron chi connectivity index (χ1n) is 5.27. The van der Waals surface area contributed by atoms with E-state index in [4.69, 9.17) is 4.74 Å². The molecule has 2 rings (SSSR count). The smallest absolute Gasteiger partial charge is 0.243 e. The molecule has 0 aromatic heterocycles. The van der Waals surface area contributed by atoms with Crippen LogP contribution in [0.2, 0.25) is 0 Å². The Kier molecular flexibility index (Phi) is 3.28. The number of benzene rings is 1. The maximum atomic E-state index is 12.2. The molecule has 1 aromatic carbocycles. The van der Waals surface area contributed by atoms with Gasteiger partial charge < -0.3 is 4.74 Å². The van der Waals surface area contributed by atoms with Crippen LogP contribution in [0, 0.1) is 0 Å². The highest BCUT2D eigenvalue weighted by atomic mass is 32.2. The highest BCUT2D eigenvalue weighted by Gasteiger charge is 2.28. The van der Waals surface area contributed by atoms with E-state index in [0.717, 1.165) is 0 Å². The van der Waals surface area contributed by atoms with Gasteiger partial charge in [0, 0.05) is 13.1 Å². The molecule has 0 aliphatic carbocycles. The summed E-state index contributed by atoms with van der Waals surface area (Å²) in [7, 11) is -3.34. The molecule has 0 spiro atoms. The van der Waals surface area contributed by atoms with E-state index < -0.39 is 10.0 Å². The molecule has 1 saturated heterocycles. The number of sulfonamides is 1. The summed E-state index contributed by atoms with van der Waals surface area (Å²) in [6, 6.07) is 8.51. The monoisotopic (exact) mass is 241 g/mol. The summed E-state index contributed by atoms with van der Waals surface area (Å²) in [5.41, 5.74) is 0. The molecule has 1 heterocycles. The number of nitrogens with zero attached hydrogens (tertiary/aromatic N) is 1. The minimum absolute atomic E-state index is 0.0350. The molecule has 0 bridgehead atoms. The average Bonchev–Trinajstić information content (AvgIpc) is 2.30. The first-order chi connectivity index (χ1) is 7.60. The van der Waals surface area contributed by atoms with Crippen LogP contribution in [0.4, 0.5) is 0 Å². The molecule has 88 valence electrons. The van der Waals surface area contributed by atoms with Crippen LogP contribution in [0.1, 0.15) is 6.92 Å². The molecule has 0 unspecified atom stereocenters. The molecule has 1 fully saturated rings. The van der Waals surface area contributed by atoms with E-state index in [9.17, 15) is 8.42 Å². The second kappa shape index (κ2) is 4.53. The van der Waals surface area contributed by atoms with E-state index in [1.807, 2.05) is 6.92 Å². The van der Waals surface area contributed by atoms with Crippen molar-refractivity contribution >= 4 is 10.0 Å². The Labute approximate surface area is 95.9 Å². The Balaban J connectivity index is 2.26. The number of hydrogen-bond donors (Lipinski definition) is 0. The summed E-state index contributed by atoms with van der Waals surface area (Å²) >= 11 is 0. The fourth-order valence-electron chi connectivity index (χ4n) is 1.75. The lowest BCUT2D eigenvalue weighted by Crippen LogP contribution is -2.44. The Morgan fingerprint density at radius 1 is 1.31 bits per heavy atom. The number of rotatable bonds is 2. The van der Waals surface area contributed by atoms with Gasteiger partial charge in [0.1, 0.15) is 0 Å². The SMILES string of the molecule is C[C@H]1CN(S(=O)(=O)c2ccccc2)CCO1. The largest absolute Gasteiger partial charge is 0.376 e. The molecule has 5 heteroatoms. The third-order valence-corrected chi connectivity index (χ3v) is 4.46. The predicted molar refractivity (Wildman–Crippen MR) is 60.6 cm³/mol. The van der Waals surface area contributed by atoms with Gasteiger partial charge in [-0.1, -0.05) is 18.2 Å². The molecular weight excluding hydrogens is 226 g/mol. The molecule has 16 heavy (non-hydrogen) atoms. The van der Waals surface area contributed by atoms with E-state index in [2.05, 4.69) is 0 Å². The van der Waals surface area contributed by atoms with Crippen LogP contribution in [0.3, 0.4) is 0 Å². The van der Waals surface area contributed by atoms with Crippen molar-refractivity contribution in [3.63, 3.8) is 0 Å². The van der Waals surface area contributed by atoms with Crippen LogP contribution in [-0.4, -0.2) is 38.5 Å². The molecule has 0 radical (unpaired) electrons. The van der Waals surface area contributed by atoms with Gasteiger partial charge in [0.2, 0.25) is 10.0 Å². The van der Waals surface area contributed by atoms with Crippen LogP contribution in [-0.2, 0) is 14.8 Å². The van der Waals surface area contributed by atoms with Gasteiger partial charge in [-0.25, -0.2) is 8.42 Å². The van der Waals surface area contributed by atoms with Crippen molar-refractivity contribution in [2.45, 2.75) is 17.9 Å². The van der Waals surface area contributed by atoms with Crippen molar-refractivity contribution in [1.29, 1.82) is 0 Å². The number of ether oxygens (including phenoxy) is 1. The summed E-state index contributed by atoms with van der Waals surface area (Å²) in [5, 5.41) is 0. The summed E-state index contributed by atoms with van der Waals surface area (Å²) in [4.78, 5) is 0.351. The van der Waals surface area contributed by atoms with Crippen molar-refractivity contribution in [3.05, 3.63) is 30.3 Å². The Morgan fingerprint density at radius 2 is 2.00 bits per heavy atom. The first-order valence-corrected chi connectivity index (χ1v) is 6.71. The normalized spacial score (nSPS) is 23.2. The van der Waals surface area contributed by atoms with Crippen molar-refractivity contribution < 1.29 is 13.2 Å². The zero-order valence-electron chi connectivity index (χ0n) is 9.17. The fraction of sp³-hybridized carbons (Fsp3) is 0.455. The fourth-order valence-corrected chi connectivity index (χ4v) is 3.27. The molecule has 1 aromatic rings. The van der Waals surface area contributed by atoms with E-state index >= 15 is 0 Å². The summed E-state index contributed by atoms with van der Waals surface area (Å²) < 4.78 is 31.2. The van der Waals surface area contributed by atoms with E-state index in [-0.39, 0.29) is 6.10 Å². The standard InChI is InChI=1S/C11H15NO3S/c1-10-9-12(7-8-15-10)16(13,14)11-5-3-2-4-6-11/h2-6,10H,7-9H2,1H3/t10-/m0/s1. The lowest BCUT2D eigenvalue weighted by Gasteiger charge is -2.30. The Bertz CT molecular complexity index is 444. The highest BCUT2D eigenvalue weighted by Crippen LogP contribution is 2.17. The van der Waals surface area contributed by atoms with E-state index in [1.54, 1.807) is 30.3 Å². The average molecular weight is 241 g/mol. The van der Waals surface area contributed by atoms with Gasteiger partial charge in [-0.15, -0.1) is 0 Å². The number of morpholine rings is 1. The third-order valence-electron chi connectivity index (χ3n) is 2.58. The quantitative estimate of drug-likeness (QED) is 0.779. The predicted octanol–water partition coefficient (Wildman–Crippen LogP) is 1.10. The van der Waals surface area contributed by atoms with Crippen LogP contribution >= 0.6 is 0 Å². The molecule has 0 amide bonds. The maximum absolute atomic E-state index is 12.2. The van der Waals surface area contributed by atoms with Crippen molar-refractivity contribution in [2.75, 3.05) is 19.7 Å². The lowest BCUT2D eigenvalue weighted by molar-refractivity contribution is 0.0102. The summed E-state index contributed by atoms with van der Waals surface area (Å²) in [6.07, 6.45) is -0.0350. The molecule has 1 aliphatic rings. The van der Waals surface area contributed by atoms with Crippen molar-refractivity contribution in [3.8, 4) is 0 Å². The number of hydrogen-bond acceptors (Lipinski definition) is 3. The molecular formula is C11H15NO3S. The topological polar surface area (TPSA) is 46.6 Å². The van der Waals surface area contributed by atoms with Crippen molar-refractivity contribution in [2.24, 2.45) is 0 Å². The van der Waals surface area contributed by atoms with E-state index in [0.29, 0.717) is 24.6 Å². The maximum Gasteiger partial charge on any atom is 0.243 e. The first kappa shape index (κ1) is 11.6. The molecule has 4 nitrogen and oxygen atoms in total. The van der Waals surface area contributed by atoms with Crippen LogP contribution in [0.15, 0.2) is 35.2 Å². The Hall–Kier alpha value is -0.910.